The molecule has 3 saturated heterocycles. The lowest BCUT2D eigenvalue weighted by molar-refractivity contribution is -0.131. The molecule has 2 heteroatoms. The quantitative estimate of drug-likeness (QED) is 0.644. The van der Waals surface area contributed by atoms with Crippen LogP contribution < -0.4 is 0 Å². The summed E-state index contributed by atoms with van der Waals surface area (Å²) in [7, 11) is 0. The molecule has 0 aromatic carbocycles. The first-order valence-electron chi connectivity index (χ1n) is 5.44. The Morgan fingerprint density at radius 3 is 2.31 bits per heavy atom. The van der Waals surface area contributed by atoms with Crippen molar-refractivity contribution in [3.63, 3.8) is 0 Å². The average molecular weight is 181 g/mol. The van der Waals surface area contributed by atoms with Gasteiger partial charge >= 0.3 is 0 Å². The topological polar surface area (TPSA) is 20.3 Å². The van der Waals surface area contributed by atoms with Crippen LogP contribution in [0.2, 0.25) is 0 Å². The summed E-state index contributed by atoms with van der Waals surface area (Å²) in [5.74, 6) is 1.79. The Labute approximate surface area is 80.3 Å². The number of piperidine rings is 3. The van der Waals surface area contributed by atoms with Crippen molar-refractivity contribution in [2.24, 2.45) is 17.8 Å². The number of hydrogen-bond acceptors (Lipinski definition) is 2. The molecular formula is C11H19NO. The van der Waals surface area contributed by atoms with Crippen LogP contribution >= 0.6 is 0 Å². The number of nitrogens with zero attached hydrogens (tertiary/aromatic N) is 1. The summed E-state index contributed by atoms with van der Waals surface area (Å²) in [5.41, 5.74) is 0. The molecule has 0 N–H and O–H groups in total. The summed E-state index contributed by atoms with van der Waals surface area (Å²) in [6.45, 7) is 7.56. The molecule has 3 aliphatic rings. The second kappa shape index (κ2) is 3.41. The second-order valence-corrected chi connectivity index (χ2v) is 4.80. The monoisotopic (exact) mass is 181 g/mol. The summed E-state index contributed by atoms with van der Waals surface area (Å²) in [5, 5.41) is 0. The van der Waals surface area contributed by atoms with Gasteiger partial charge in [0.1, 0.15) is 5.78 Å². The minimum Gasteiger partial charge on any atom is -0.303 e. The Morgan fingerprint density at radius 1 is 1.31 bits per heavy atom. The van der Waals surface area contributed by atoms with E-state index in [-0.39, 0.29) is 5.92 Å². The van der Waals surface area contributed by atoms with Gasteiger partial charge in [0.05, 0.1) is 0 Å². The third-order valence-electron chi connectivity index (χ3n) is 3.59. The molecule has 0 spiro atoms. The van der Waals surface area contributed by atoms with Crippen LogP contribution in [-0.4, -0.2) is 30.3 Å². The van der Waals surface area contributed by atoms with Gasteiger partial charge in [-0.3, -0.25) is 4.79 Å². The summed E-state index contributed by atoms with van der Waals surface area (Å²) >= 11 is 0. The summed E-state index contributed by atoms with van der Waals surface area (Å²) in [6.07, 6.45) is 2.51. The molecule has 3 heterocycles. The van der Waals surface area contributed by atoms with Crippen molar-refractivity contribution >= 4 is 5.78 Å². The van der Waals surface area contributed by atoms with Crippen LogP contribution in [0.5, 0.6) is 0 Å². The number of ketones is 1. The Morgan fingerprint density at radius 2 is 1.92 bits per heavy atom. The Kier molecular flexibility index (Phi) is 2.41. The van der Waals surface area contributed by atoms with Gasteiger partial charge in [0.2, 0.25) is 0 Å². The number of carbonyl (C=O) groups excluding carboxylic acids is 1. The fourth-order valence-electron chi connectivity index (χ4n) is 2.72. The van der Waals surface area contributed by atoms with Crippen LogP contribution in [0.15, 0.2) is 0 Å². The standard InChI is InChI=1S/C11H19NO/c1-8(2)11(13)10-7-12-5-3-9(10)4-6-12/h8-10H,3-7H2,1-2H3. The number of hydrogen-bond donors (Lipinski definition) is 0. The van der Waals surface area contributed by atoms with E-state index in [1.54, 1.807) is 0 Å². The van der Waals surface area contributed by atoms with Crippen molar-refractivity contribution in [3.8, 4) is 0 Å². The maximum Gasteiger partial charge on any atom is 0.140 e. The van der Waals surface area contributed by atoms with Crippen molar-refractivity contribution in [1.29, 1.82) is 0 Å². The highest BCUT2D eigenvalue weighted by atomic mass is 16.1. The maximum absolute atomic E-state index is 11.9. The molecule has 0 aromatic rings. The van der Waals surface area contributed by atoms with E-state index in [4.69, 9.17) is 0 Å². The minimum absolute atomic E-state index is 0.227. The van der Waals surface area contributed by atoms with Crippen molar-refractivity contribution in [2.75, 3.05) is 19.6 Å². The van der Waals surface area contributed by atoms with E-state index in [0.717, 1.165) is 6.54 Å². The second-order valence-electron chi connectivity index (χ2n) is 4.80. The molecule has 0 radical (unpaired) electrons. The number of fused-ring (bicyclic) bond motifs is 3. The van der Waals surface area contributed by atoms with Gasteiger partial charge in [0.15, 0.2) is 0 Å². The number of Topliss-reactive ketones (excluding diaryl/α,β-unsaturated/α-hetero) is 1. The summed E-state index contributed by atoms with van der Waals surface area (Å²) in [6, 6.07) is 0. The number of rotatable bonds is 2. The third-order valence-corrected chi connectivity index (χ3v) is 3.59. The lowest BCUT2D eigenvalue weighted by Crippen LogP contribution is -2.50. The van der Waals surface area contributed by atoms with Gasteiger partial charge < -0.3 is 4.90 Å². The first kappa shape index (κ1) is 9.20. The molecule has 1 atom stereocenters. The highest BCUT2D eigenvalue weighted by Crippen LogP contribution is 2.33. The molecule has 3 rings (SSSR count). The lowest BCUT2D eigenvalue weighted by atomic mass is 9.75. The Balaban J connectivity index is 2.04. The van der Waals surface area contributed by atoms with E-state index in [9.17, 15) is 4.79 Å². The molecule has 13 heavy (non-hydrogen) atoms. The predicted octanol–water partition coefficient (Wildman–Crippen LogP) is 1.55. The molecule has 0 saturated carbocycles. The fourth-order valence-corrected chi connectivity index (χ4v) is 2.72. The largest absolute Gasteiger partial charge is 0.303 e. The molecule has 0 amide bonds. The van der Waals surface area contributed by atoms with Crippen molar-refractivity contribution in [2.45, 2.75) is 26.7 Å². The van der Waals surface area contributed by atoms with Gasteiger partial charge in [-0.05, 0) is 31.8 Å². The Bertz CT molecular complexity index is 204. The van der Waals surface area contributed by atoms with Gasteiger partial charge in [0.25, 0.3) is 0 Å². The van der Waals surface area contributed by atoms with Gasteiger partial charge in [-0.2, -0.15) is 0 Å². The minimum atomic E-state index is 0.227. The first-order valence-corrected chi connectivity index (χ1v) is 5.44. The van der Waals surface area contributed by atoms with Gasteiger partial charge in [0, 0.05) is 18.4 Å². The average Bonchev–Trinajstić information content (AvgIpc) is 2.18. The van der Waals surface area contributed by atoms with Crippen LogP contribution in [0.4, 0.5) is 0 Å². The molecule has 3 fully saturated rings. The van der Waals surface area contributed by atoms with Gasteiger partial charge in [-0.1, -0.05) is 13.8 Å². The van der Waals surface area contributed by atoms with E-state index >= 15 is 0 Å². The fraction of sp³-hybridized carbons (Fsp3) is 0.909. The summed E-state index contributed by atoms with van der Waals surface area (Å²) < 4.78 is 0. The Hall–Kier alpha value is -0.370. The first-order chi connectivity index (χ1) is 6.18. The van der Waals surface area contributed by atoms with Crippen molar-refractivity contribution in [3.05, 3.63) is 0 Å². The molecule has 74 valence electrons. The zero-order valence-corrected chi connectivity index (χ0v) is 8.62. The van der Waals surface area contributed by atoms with E-state index in [1.807, 2.05) is 13.8 Å². The highest BCUT2D eigenvalue weighted by Gasteiger charge is 2.38. The third kappa shape index (κ3) is 1.64. The van der Waals surface area contributed by atoms with Crippen LogP contribution in [-0.2, 0) is 4.79 Å². The lowest BCUT2D eigenvalue weighted by Gasteiger charge is -2.44. The molecular weight excluding hydrogens is 162 g/mol. The highest BCUT2D eigenvalue weighted by molar-refractivity contribution is 5.83. The molecule has 2 nitrogen and oxygen atoms in total. The maximum atomic E-state index is 11.9. The van der Waals surface area contributed by atoms with Gasteiger partial charge in [-0.15, -0.1) is 0 Å². The normalized spacial score (nSPS) is 38.2. The summed E-state index contributed by atoms with van der Waals surface area (Å²) in [4.78, 5) is 14.3. The number of carbonyl (C=O) groups is 1. The molecule has 0 aliphatic carbocycles. The molecule has 3 aliphatic heterocycles. The molecule has 2 bridgehead atoms. The van der Waals surface area contributed by atoms with E-state index < -0.39 is 0 Å². The van der Waals surface area contributed by atoms with Crippen LogP contribution in [0.3, 0.4) is 0 Å². The van der Waals surface area contributed by atoms with E-state index in [0.29, 0.717) is 17.6 Å². The van der Waals surface area contributed by atoms with E-state index in [1.165, 1.54) is 25.9 Å². The smallest absolute Gasteiger partial charge is 0.140 e. The SMILES string of the molecule is CC(C)C(=O)C1CN2CCC1CC2. The van der Waals surface area contributed by atoms with E-state index in [2.05, 4.69) is 4.90 Å². The zero-order valence-electron chi connectivity index (χ0n) is 8.62. The van der Waals surface area contributed by atoms with Crippen molar-refractivity contribution < 1.29 is 4.79 Å². The van der Waals surface area contributed by atoms with Crippen LogP contribution in [0.25, 0.3) is 0 Å². The zero-order chi connectivity index (χ0) is 9.42. The van der Waals surface area contributed by atoms with Crippen LogP contribution in [0.1, 0.15) is 26.7 Å². The molecule has 0 aromatic heterocycles. The van der Waals surface area contributed by atoms with Gasteiger partial charge in [-0.25, -0.2) is 0 Å². The predicted molar refractivity (Wildman–Crippen MR) is 52.5 cm³/mol. The molecule has 1 unspecified atom stereocenters. The van der Waals surface area contributed by atoms with Crippen LogP contribution in [0, 0.1) is 17.8 Å². The van der Waals surface area contributed by atoms with Crippen molar-refractivity contribution in [1.82, 2.24) is 4.90 Å².